The van der Waals surface area contributed by atoms with Gasteiger partial charge in [0.1, 0.15) is 17.1 Å². The van der Waals surface area contributed by atoms with Crippen LogP contribution in [-0.2, 0) is 20.5 Å². The molecule has 0 bridgehead atoms. The predicted octanol–water partition coefficient (Wildman–Crippen LogP) is 2.62. The fraction of sp³-hybridized carbons (Fsp3) is 0.286. The van der Waals surface area contributed by atoms with Crippen molar-refractivity contribution in [1.29, 1.82) is 0 Å². The number of methoxy groups -OCH3 is 1. The van der Waals surface area contributed by atoms with Crippen LogP contribution in [0.5, 0.6) is 5.75 Å². The summed E-state index contributed by atoms with van der Waals surface area (Å²) < 4.78 is 71.6. The Labute approximate surface area is 147 Å². The molecule has 0 spiro atoms. The van der Waals surface area contributed by atoms with E-state index in [9.17, 15) is 21.6 Å². The molecule has 142 valence electrons. The molecule has 1 aromatic heterocycles. The highest BCUT2D eigenvalue weighted by atomic mass is 32.2. The summed E-state index contributed by atoms with van der Waals surface area (Å²) in [6.45, 7) is 0. The van der Waals surface area contributed by atoms with Crippen LogP contribution in [0.1, 0.15) is 5.56 Å². The van der Waals surface area contributed by atoms with Gasteiger partial charge in [0.05, 0.1) is 24.8 Å². The molecule has 1 aromatic carbocycles. The first-order valence-corrected chi connectivity index (χ1v) is 8.41. The van der Waals surface area contributed by atoms with Crippen molar-refractivity contribution in [3.63, 3.8) is 0 Å². The predicted molar refractivity (Wildman–Crippen MR) is 87.1 cm³/mol. The topological polar surface area (TPSA) is 102 Å². The van der Waals surface area contributed by atoms with Crippen LogP contribution in [0.15, 0.2) is 29.3 Å². The van der Waals surface area contributed by atoms with Crippen LogP contribution < -0.4 is 15.4 Å². The van der Waals surface area contributed by atoms with Gasteiger partial charge in [0.25, 0.3) is 10.1 Å². The number of aromatic nitrogens is 2. The first-order chi connectivity index (χ1) is 12.1. The zero-order valence-corrected chi connectivity index (χ0v) is 14.7. The third-order valence-corrected chi connectivity index (χ3v) is 4.53. The molecule has 2 N–H and O–H groups in total. The molecular formula is C14H15F3N4O4S. The van der Waals surface area contributed by atoms with E-state index in [-0.39, 0.29) is 22.3 Å². The van der Waals surface area contributed by atoms with Crippen LogP contribution in [0.4, 0.5) is 30.6 Å². The van der Waals surface area contributed by atoms with Gasteiger partial charge >= 0.3 is 6.18 Å². The Morgan fingerprint density at radius 1 is 1.19 bits per heavy atom. The molecule has 0 amide bonds. The molecule has 0 fully saturated rings. The average molecular weight is 392 g/mol. The summed E-state index contributed by atoms with van der Waals surface area (Å²) >= 11 is 0. The van der Waals surface area contributed by atoms with Crippen LogP contribution in [0.3, 0.4) is 0 Å². The van der Waals surface area contributed by atoms with Crippen molar-refractivity contribution in [3.05, 3.63) is 30.0 Å². The number of anilines is 3. The Morgan fingerprint density at radius 3 is 2.42 bits per heavy atom. The quantitative estimate of drug-likeness (QED) is 0.724. The summed E-state index contributed by atoms with van der Waals surface area (Å²) in [5.41, 5.74) is -0.761. The van der Waals surface area contributed by atoms with Crippen LogP contribution in [0.2, 0.25) is 0 Å². The van der Waals surface area contributed by atoms with Gasteiger partial charge < -0.3 is 15.4 Å². The van der Waals surface area contributed by atoms with Gasteiger partial charge in [-0.05, 0) is 12.1 Å². The van der Waals surface area contributed by atoms with Gasteiger partial charge in [-0.3, -0.25) is 4.18 Å². The second-order valence-corrected chi connectivity index (χ2v) is 6.52. The minimum atomic E-state index is -4.61. The number of halogens is 3. The first kappa shape index (κ1) is 19.7. The SMILES string of the molecule is CNc1nc(Nc2ccc(S(=O)(=O)OC)cc2OC)ncc1C(F)(F)F. The summed E-state index contributed by atoms with van der Waals surface area (Å²) in [5, 5.41) is 5.04. The van der Waals surface area contributed by atoms with Crippen LogP contribution in [0.25, 0.3) is 0 Å². The molecule has 0 aliphatic carbocycles. The molecule has 0 aliphatic rings. The maximum Gasteiger partial charge on any atom is 0.421 e. The number of hydrogen-bond donors (Lipinski definition) is 2. The Hall–Kier alpha value is -2.60. The van der Waals surface area contributed by atoms with Crippen molar-refractivity contribution in [3.8, 4) is 5.75 Å². The lowest BCUT2D eigenvalue weighted by atomic mass is 10.3. The summed E-state index contributed by atoms with van der Waals surface area (Å²) in [5.74, 6) is -0.437. The monoisotopic (exact) mass is 392 g/mol. The number of alkyl halides is 3. The van der Waals surface area contributed by atoms with E-state index in [2.05, 4.69) is 24.8 Å². The van der Waals surface area contributed by atoms with Gasteiger partial charge in [0.15, 0.2) is 0 Å². The maximum atomic E-state index is 12.9. The number of ether oxygens (including phenoxy) is 1. The lowest BCUT2D eigenvalue weighted by Crippen LogP contribution is -2.12. The lowest BCUT2D eigenvalue weighted by molar-refractivity contribution is -0.137. The zero-order valence-electron chi connectivity index (χ0n) is 13.9. The van der Waals surface area contributed by atoms with Crippen molar-refractivity contribution in [1.82, 2.24) is 9.97 Å². The average Bonchev–Trinajstić information content (AvgIpc) is 2.60. The molecule has 0 saturated carbocycles. The highest BCUT2D eigenvalue weighted by molar-refractivity contribution is 7.86. The molecule has 8 nitrogen and oxygen atoms in total. The van der Waals surface area contributed by atoms with Crippen molar-refractivity contribution < 1.29 is 30.5 Å². The standard InChI is InChI=1S/C14H15F3N4O4S/c1-18-12-9(14(15,16)17)7-19-13(21-12)20-10-5-4-8(6-11(10)24-2)26(22,23)25-3/h4-7H,1-3H3,(H2,18,19,20,21). The molecular weight excluding hydrogens is 377 g/mol. The Morgan fingerprint density at radius 2 is 1.88 bits per heavy atom. The van der Waals surface area contributed by atoms with Crippen LogP contribution >= 0.6 is 0 Å². The largest absolute Gasteiger partial charge is 0.495 e. The molecule has 2 rings (SSSR count). The first-order valence-electron chi connectivity index (χ1n) is 7.00. The highest BCUT2D eigenvalue weighted by Gasteiger charge is 2.35. The maximum absolute atomic E-state index is 12.9. The van der Waals surface area contributed by atoms with Gasteiger partial charge in [-0.25, -0.2) is 4.98 Å². The number of nitrogens with zero attached hydrogens (tertiary/aromatic N) is 2. The Bertz CT molecular complexity index is 904. The summed E-state index contributed by atoms with van der Waals surface area (Å²) in [7, 11) is -0.310. The third-order valence-electron chi connectivity index (χ3n) is 3.26. The van der Waals surface area contributed by atoms with Crippen molar-refractivity contribution in [2.24, 2.45) is 0 Å². The number of nitrogens with one attached hydrogen (secondary N) is 2. The summed E-state index contributed by atoms with van der Waals surface area (Å²) in [6.07, 6.45) is -3.97. The molecule has 0 radical (unpaired) electrons. The van der Waals surface area contributed by atoms with E-state index in [4.69, 9.17) is 4.74 Å². The van der Waals surface area contributed by atoms with Gasteiger partial charge in [0, 0.05) is 19.3 Å². The Kier molecular flexibility index (Phi) is 5.56. The fourth-order valence-corrected chi connectivity index (χ4v) is 2.67. The van der Waals surface area contributed by atoms with Crippen LogP contribution in [-0.4, -0.2) is 39.7 Å². The number of hydrogen-bond acceptors (Lipinski definition) is 8. The molecule has 2 aromatic rings. The van der Waals surface area contributed by atoms with Crippen molar-refractivity contribution >= 4 is 27.6 Å². The van der Waals surface area contributed by atoms with E-state index in [1.54, 1.807) is 0 Å². The normalized spacial score (nSPS) is 11.9. The summed E-state index contributed by atoms with van der Waals surface area (Å²) in [4.78, 5) is 7.25. The van der Waals surface area contributed by atoms with E-state index in [1.165, 1.54) is 32.4 Å². The zero-order chi connectivity index (χ0) is 19.5. The van der Waals surface area contributed by atoms with Crippen molar-refractivity contribution in [2.45, 2.75) is 11.1 Å². The molecule has 0 atom stereocenters. The van der Waals surface area contributed by atoms with Crippen molar-refractivity contribution in [2.75, 3.05) is 31.9 Å². The van der Waals surface area contributed by atoms with E-state index in [0.29, 0.717) is 6.20 Å². The van der Waals surface area contributed by atoms with Gasteiger partial charge in [0.2, 0.25) is 5.95 Å². The Balaban J connectivity index is 2.40. The van der Waals surface area contributed by atoms with Gasteiger partial charge in [-0.1, -0.05) is 0 Å². The molecule has 0 saturated heterocycles. The number of benzene rings is 1. The number of rotatable bonds is 6. The smallest absolute Gasteiger partial charge is 0.421 e. The summed E-state index contributed by atoms with van der Waals surface area (Å²) in [6, 6.07) is 3.79. The molecule has 0 unspecified atom stereocenters. The minimum absolute atomic E-state index is 0.109. The third kappa shape index (κ3) is 4.14. The minimum Gasteiger partial charge on any atom is -0.495 e. The van der Waals surface area contributed by atoms with E-state index >= 15 is 0 Å². The van der Waals surface area contributed by atoms with E-state index in [1.807, 2.05) is 0 Å². The van der Waals surface area contributed by atoms with Crippen LogP contribution in [0, 0.1) is 0 Å². The molecule has 1 heterocycles. The highest BCUT2D eigenvalue weighted by Crippen LogP contribution is 2.35. The van der Waals surface area contributed by atoms with Gasteiger partial charge in [-0.2, -0.15) is 26.6 Å². The lowest BCUT2D eigenvalue weighted by Gasteiger charge is -2.14. The molecule has 12 heteroatoms. The molecule has 26 heavy (non-hydrogen) atoms. The second-order valence-electron chi connectivity index (χ2n) is 4.81. The second kappa shape index (κ2) is 7.33. The fourth-order valence-electron chi connectivity index (χ4n) is 1.99. The van der Waals surface area contributed by atoms with Gasteiger partial charge in [-0.15, -0.1) is 0 Å². The van der Waals surface area contributed by atoms with E-state index in [0.717, 1.165) is 7.11 Å². The van der Waals surface area contributed by atoms with E-state index < -0.39 is 27.7 Å². The molecule has 0 aliphatic heterocycles.